The van der Waals surface area contributed by atoms with Gasteiger partial charge in [0.2, 0.25) is 0 Å². The van der Waals surface area contributed by atoms with E-state index in [4.69, 9.17) is 0 Å². The molecule has 26 heavy (non-hydrogen) atoms. The molecule has 0 fully saturated rings. The summed E-state index contributed by atoms with van der Waals surface area (Å²) >= 11 is 0. The lowest BCUT2D eigenvalue weighted by atomic mass is 10.0. The summed E-state index contributed by atoms with van der Waals surface area (Å²) in [6.07, 6.45) is 0. The van der Waals surface area contributed by atoms with Gasteiger partial charge < -0.3 is 5.32 Å². The van der Waals surface area contributed by atoms with Crippen LogP contribution in [-0.4, -0.2) is 20.8 Å². The fourth-order valence-corrected chi connectivity index (χ4v) is 3.18. The van der Waals surface area contributed by atoms with Gasteiger partial charge in [0.1, 0.15) is 5.65 Å². The van der Waals surface area contributed by atoms with Crippen LogP contribution in [0.1, 0.15) is 31.1 Å². The van der Waals surface area contributed by atoms with E-state index in [1.165, 1.54) is 0 Å². The SMILES string of the molecule is CC(C)(C)NC(=O)c1cc2nc3ccccc3c(=O)n2c2ccccc12. The highest BCUT2D eigenvalue weighted by Crippen LogP contribution is 2.22. The van der Waals surface area contributed by atoms with Gasteiger partial charge in [-0.25, -0.2) is 4.98 Å². The van der Waals surface area contributed by atoms with Crippen molar-refractivity contribution in [3.8, 4) is 0 Å². The summed E-state index contributed by atoms with van der Waals surface area (Å²) in [6, 6.07) is 16.4. The maximum absolute atomic E-state index is 13.0. The van der Waals surface area contributed by atoms with Crippen molar-refractivity contribution in [1.82, 2.24) is 14.7 Å². The summed E-state index contributed by atoms with van der Waals surface area (Å²) < 4.78 is 1.57. The highest BCUT2D eigenvalue weighted by atomic mass is 16.2. The normalized spacial score (nSPS) is 12.0. The monoisotopic (exact) mass is 345 g/mol. The molecule has 5 heteroatoms. The fraction of sp³-hybridized carbons (Fsp3) is 0.190. The Labute approximate surface area is 150 Å². The van der Waals surface area contributed by atoms with Gasteiger partial charge in [0.15, 0.2) is 0 Å². The summed E-state index contributed by atoms with van der Waals surface area (Å²) in [5, 5.41) is 4.27. The van der Waals surface area contributed by atoms with E-state index in [0.29, 0.717) is 27.6 Å². The van der Waals surface area contributed by atoms with Gasteiger partial charge in [-0.3, -0.25) is 14.0 Å². The Hall–Kier alpha value is -3.21. The molecule has 0 spiro atoms. The number of nitrogens with one attached hydrogen (secondary N) is 1. The van der Waals surface area contributed by atoms with Crippen LogP contribution < -0.4 is 10.9 Å². The van der Waals surface area contributed by atoms with Crippen molar-refractivity contribution in [1.29, 1.82) is 0 Å². The summed E-state index contributed by atoms with van der Waals surface area (Å²) in [7, 11) is 0. The predicted octanol–water partition coefficient (Wildman–Crippen LogP) is 3.53. The van der Waals surface area contributed by atoms with Crippen LogP contribution in [0.5, 0.6) is 0 Å². The first kappa shape index (κ1) is 16.3. The van der Waals surface area contributed by atoms with E-state index in [-0.39, 0.29) is 17.0 Å². The second-order valence-electron chi connectivity index (χ2n) is 7.41. The number of fused-ring (bicyclic) bond motifs is 4. The Bertz CT molecular complexity index is 1230. The van der Waals surface area contributed by atoms with Gasteiger partial charge in [0.05, 0.1) is 22.0 Å². The van der Waals surface area contributed by atoms with Gasteiger partial charge in [0, 0.05) is 10.9 Å². The molecule has 1 N–H and O–H groups in total. The first-order valence-corrected chi connectivity index (χ1v) is 8.51. The van der Waals surface area contributed by atoms with Crippen LogP contribution in [0.25, 0.3) is 27.5 Å². The van der Waals surface area contributed by atoms with Crippen LogP contribution in [0.4, 0.5) is 0 Å². The zero-order chi connectivity index (χ0) is 18.5. The van der Waals surface area contributed by atoms with Crippen molar-refractivity contribution >= 4 is 33.4 Å². The van der Waals surface area contributed by atoms with Crippen molar-refractivity contribution in [2.75, 3.05) is 0 Å². The lowest BCUT2D eigenvalue weighted by Gasteiger charge is -2.21. The minimum absolute atomic E-state index is 0.135. The number of aromatic nitrogens is 2. The zero-order valence-corrected chi connectivity index (χ0v) is 14.9. The van der Waals surface area contributed by atoms with Crippen molar-refractivity contribution in [3.05, 3.63) is 70.5 Å². The highest BCUT2D eigenvalue weighted by molar-refractivity contribution is 6.08. The molecule has 0 aliphatic rings. The van der Waals surface area contributed by atoms with Crippen LogP contribution in [0.3, 0.4) is 0 Å². The molecule has 0 unspecified atom stereocenters. The lowest BCUT2D eigenvalue weighted by Crippen LogP contribution is -2.40. The maximum atomic E-state index is 13.0. The molecule has 0 saturated carbocycles. The molecule has 2 aromatic heterocycles. The molecular formula is C21H19N3O2. The molecule has 2 aromatic carbocycles. The van der Waals surface area contributed by atoms with Crippen LogP contribution >= 0.6 is 0 Å². The molecule has 0 atom stereocenters. The van der Waals surface area contributed by atoms with Gasteiger partial charge in [-0.05, 0) is 45.0 Å². The number of carbonyl (C=O) groups excluding carboxylic acids is 1. The van der Waals surface area contributed by atoms with E-state index in [2.05, 4.69) is 10.3 Å². The molecule has 0 saturated heterocycles. The molecular weight excluding hydrogens is 326 g/mol. The van der Waals surface area contributed by atoms with E-state index >= 15 is 0 Å². The van der Waals surface area contributed by atoms with Crippen molar-refractivity contribution in [2.45, 2.75) is 26.3 Å². The van der Waals surface area contributed by atoms with Crippen molar-refractivity contribution in [3.63, 3.8) is 0 Å². The van der Waals surface area contributed by atoms with Crippen LogP contribution in [0, 0.1) is 0 Å². The smallest absolute Gasteiger partial charge is 0.266 e. The van der Waals surface area contributed by atoms with E-state index in [1.54, 1.807) is 22.6 Å². The number of hydrogen-bond acceptors (Lipinski definition) is 3. The Morgan fingerprint density at radius 2 is 1.65 bits per heavy atom. The minimum atomic E-state index is -0.360. The summed E-state index contributed by atoms with van der Waals surface area (Å²) in [6.45, 7) is 5.80. The molecule has 4 aromatic rings. The first-order chi connectivity index (χ1) is 12.3. The molecule has 4 rings (SSSR count). The Kier molecular flexibility index (Phi) is 3.54. The number of amides is 1. The largest absolute Gasteiger partial charge is 0.347 e. The van der Waals surface area contributed by atoms with Crippen molar-refractivity contribution in [2.24, 2.45) is 0 Å². The van der Waals surface area contributed by atoms with Gasteiger partial charge in [-0.15, -0.1) is 0 Å². The number of hydrogen-bond donors (Lipinski definition) is 1. The molecule has 0 bridgehead atoms. The fourth-order valence-electron chi connectivity index (χ4n) is 3.18. The summed E-state index contributed by atoms with van der Waals surface area (Å²) in [5.74, 6) is -0.182. The Balaban J connectivity index is 2.12. The third-order valence-corrected chi connectivity index (χ3v) is 4.24. The zero-order valence-electron chi connectivity index (χ0n) is 14.9. The molecule has 5 nitrogen and oxygen atoms in total. The molecule has 0 aliphatic heterocycles. The summed E-state index contributed by atoms with van der Waals surface area (Å²) in [4.78, 5) is 30.5. The van der Waals surface area contributed by atoms with Gasteiger partial charge in [-0.2, -0.15) is 0 Å². The van der Waals surface area contributed by atoms with Crippen LogP contribution in [0.2, 0.25) is 0 Å². The number of pyridine rings is 1. The van der Waals surface area contributed by atoms with E-state index in [0.717, 1.165) is 5.39 Å². The number of carbonyl (C=O) groups is 1. The molecule has 0 aliphatic carbocycles. The third-order valence-electron chi connectivity index (χ3n) is 4.24. The first-order valence-electron chi connectivity index (χ1n) is 8.51. The second-order valence-corrected chi connectivity index (χ2v) is 7.41. The van der Waals surface area contributed by atoms with Crippen molar-refractivity contribution < 1.29 is 4.79 Å². The average molecular weight is 345 g/mol. The van der Waals surface area contributed by atoms with Gasteiger partial charge in [0.25, 0.3) is 11.5 Å². The number of rotatable bonds is 1. The van der Waals surface area contributed by atoms with E-state index in [1.807, 2.05) is 57.2 Å². The molecule has 1 amide bonds. The quantitative estimate of drug-likeness (QED) is 0.424. The van der Waals surface area contributed by atoms with Gasteiger partial charge >= 0.3 is 0 Å². The van der Waals surface area contributed by atoms with Gasteiger partial charge in [-0.1, -0.05) is 30.3 Å². The lowest BCUT2D eigenvalue weighted by molar-refractivity contribution is 0.0921. The molecule has 2 heterocycles. The highest BCUT2D eigenvalue weighted by Gasteiger charge is 2.19. The van der Waals surface area contributed by atoms with Crippen LogP contribution in [-0.2, 0) is 0 Å². The topological polar surface area (TPSA) is 63.5 Å². The standard InChI is InChI=1S/C21H19N3O2/c1-21(2,3)23-19(25)15-12-18-22-16-10-6-4-9-14(16)20(26)24(18)17-11-7-5-8-13(15)17/h4-12H,1-3H3,(H,23,25). The molecule has 130 valence electrons. The maximum Gasteiger partial charge on any atom is 0.266 e. The Morgan fingerprint density at radius 3 is 2.38 bits per heavy atom. The summed E-state index contributed by atoms with van der Waals surface area (Å²) in [5.41, 5.74) is 1.77. The average Bonchev–Trinajstić information content (AvgIpc) is 2.59. The minimum Gasteiger partial charge on any atom is -0.347 e. The number of nitrogens with zero attached hydrogens (tertiary/aromatic N) is 2. The third kappa shape index (κ3) is 2.62. The van der Waals surface area contributed by atoms with E-state index in [9.17, 15) is 9.59 Å². The molecule has 0 radical (unpaired) electrons. The van der Waals surface area contributed by atoms with Crippen LogP contribution in [0.15, 0.2) is 59.4 Å². The number of para-hydroxylation sites is 2. The predicted molar refractivity (Wildman–Crippen MR) is 104 cm³/mol. The number of benzene rings is 2. The van der Waals surface area contributed by atoms with E-state index < -0.39 is 0 Å². The Morgan fingerprint density at radius 1 is 1.00 bits per heavy atom. The second kappa shape index (κ2) is 5.66.